The van der Waals surface area contributed by atoms with Crippen LogP contribution in [0.2, 0.25) is 0 Å². The molecule has 0 aliphatic rings. The Hall–Kier alpha value is -3.75. The number of aliphatic hydroxyl groups is 1. The normalized spacial score (nSPS) is 10.8. The topological polar surface area (TPSA) is 105 Å². The van der Waals surface area contributed by atoms with Gasteiger partial charge in [-0.3, -0.25) is 0 Å². The Morgan fingerprint density at radius 3 is 2.59 bits per heavy atom. The van der Waals surface area contributed by atoms with Crippen molar-refractivity contribution in [1.82, 2.24) is 20.5 Å². The van der Waals surface area contributed by atoms with Gasteiger partial charge < -0.3 is 24.9 Å². The van der Waals surface area contributed by atoms with Crippen LogP contribution in [0.4, 0.5) is 11.7 Å². The maximum Gasteiger partial charge on any atom is 0.320 e. The Morgan fingerprint density at radius 1 is 1.00 bits per heavy atom. The Bertz CT molecular complexity index is 1180. The molecule has 164 valence electrons. The second-order valence-corrected chi connectivity index (χ2v) is 7.17. The predicted octanol–water partition coefficient (Wildman–Crippen LogP) is 3.94. The van der Waals surface area contributed by atoms with Crippen molar-refractivity contribution in [3.8, 4) is 28.5 Å². The van der Waals surface area contributed by atoms with Gasteiger partial charge in [-0.25, -0.2) is 4.98 Å². The van der Waals surface area contributed by atoms with Gasteiger partial charge in [-0.05, 0) is 35.7 Å². The summed E-state index contributed by atoms with van der Waals surface area (Å²) in [4.78, 5) is 4.40. The summed E-state index contributed by atoms with van der Waals surface area (Å²) in [5.74, 6) is 0.899. The molecule has 0 aliphatic carbocycles. The van der Waals surface area contributed by atoms with Crippen molar-refractivity contribution in [3.05, 3.63) is 71.9 Å². The van der Waals surface area contributed by atoms with E-state index in [4.69, 9.17) is 14.3 Å². The summed E-state index contributed by atoms with van der Waals surface area (Å²) >= 11 is 0. The minimum absolute atomic E-state index is 0.0602. The number of nitrogens with one attached hydrogen (secondary N) is 2. The first kappa shape index (κ1) is 21.5. The number of rotatable bonds is 9. The van der Waals surface area contributed by atoms with E-state index < -0.39 is 0 Å². The quantitative estimate of drug-likeness (QED) is 0.342. The third kappa shape index (κ3) is 4.93. The molecule has 0 saturated heterocycles. The maximum absolute atomic E-state index is 8.94. The molecule has 3 N–H and O–H groups in total. The summed E-state index contributed by atoms with van der Waals surface area (Å²) in [6, 6.07) is 20.1. The fourth-order valence-electron chi connectivity index (χ4n) is 3.43. The zero-order chi connectivity index (χ0) is 22.3. The highest BCUT2D eigenvalue weighted by Gasteiger charge is 2.14. The van der Waals surface area contributed by atoms with Crippen LogP contribution in [0.25, 0.3) is 22.6 Å². The molecule has 32 heavy (non-hydrogen) atoms. The third-order valence-electron chi connectivity index (χ3n) is 4.98. The zero-order valence-electron chi connectivity index (χ0n) is 18.0. The molecule has 0 fully saturated rings. The number of anilines is 2. The third-order valence-corrected chi connectivity index (χ3v) is 4.98. The lowest BCUT2D eigenvalue weighted by atomic mass is 9.96. The highest BCUT2D eigenvalue weighted by molar-refractivity contribution is 5.75. The fourth-order valence-corrected chi connectivity index (χ4v) is 3.43. The van der Waals surface area contributed by atoms with Crippen LogP contribution in [-0.4, -0.2) is 40.5 Å². The lowest BCUT2D eigenvalue weighted by Crippen LogP contribution is -2.18. The predicted molar refractivity (Wildman–Crippen MR) is 123 cm³/mol. The molecule has 8 nitrogen and oxygen atoms in total. The van der Waals surface area contributed by atoms with Crippen LogP contribution >= 0.6 is 0 Å². The van der Waals surface area contributed by atoms with E-state index in [2.05, 4.69) is 44.0 Å². The van der Waals surface area contributed by atoms with Gasteiger partial charge >= 0.3 is 6.01 Å². The average molecular weight is 431 g/mol. The van der Waals surface area contributed by atoms with Gasteiger partial charge in [0.2, 0.25) is 11.8 Å². The summed E-state index contributed by atoms with van der Waals surface area (Å²) in [5.41, 5.74) is 5.67. The summed E-state index contributed by atoms with van der Waals surface area (Å²) < 4.78 is 11.2. The van der Waals surface area contributed by atoms with Crippen molar-refractivity contribution in [2.45, 2.75) is 13.5 Å². The van der Waals surface area contributed by atoms with Gasteiger partial charge in [0.1, 0.15) is 0 Å². The lowest BCUT2D eigenvalue weighted by Gasteiger charge is -2.09. The molecule has 0 saturated carbocycles. The van der Waals surface area contributed by atoms with Gasteiger partial charge in [-0.1, -0.05) is 47.6 Å². The first-order valence-corrected chi connectivity index (χ1v) is 10.3. The van der Waals surface area contributed by atoms with Crippen LogP contribution in [0.5, 0.6) is 5.88 Å². The second kappa shape index (κ2) is 10.0. The smallest absolute Gasteiger partial charge is 0.320 e. The Kier molecular flexibility index (Phi) is 6.74. The molecule has 0 spiro atoms. The van der Waals surface area contributed by atoms with Gasteiger partial charge in [-0.15, -0.1) is 5.10 Å². The molecular weight excluding hydrogens is 406 g/mol. The summed E-state index contributed by atoms with van der Waals surface area (Å²) in [6.45, 7) is 3.09. The van der Waals surface area contributed by atoms with E-state index in [0.717, 1.165) is 27.9 Å². The number of nitrogens with zero attached hydrogens (tertiary/aromatic N) is 3. The van der Waals surface area contributed by atoms with Crippen LogP contribution < -0.4 is 15.4 Å². The number of aliphatic hydroxyl groups excluding tert-OH is 1. The van der Waals surface area contributed by atoms with Crippen LogP contribution in [0.1, 0.15) is 11.3 Å². The van der Waals surface area contributed by atoms with Gasteiger partial charge in [0.25, 0.3) is 0 Å². The highest BCUT2D eigenvalue weighted by atomic mass is 16.5. The Labute approximate surface area is 186 Å². The van der Waals surface area contributed by atoms with Crippen LogP contribution in [0, 0.1) is 6.92 Å². The zero-order valence-corrected chi connectivity index (χ0v) is 18.0. The maximum atomic E-state index is 8.94. The van der Waals surface area contributed by atoms with Crippen molar-refractivity contribution in [3.63, 3.8) is 0 Å². The van der Waals surface area contributed by atoms with E-state index in [-0.39, 0.29) is 12.6 Å². The van der Waals surface area contributed by atoms with Crippen molar-refractivity contribution in [2.24, 2.45) is 0 Å². The van der Waals surface area contributed by atoms with E-state index in [9.17, 15) is 0 Å². The molecule has 0 atom stereocenters. The SMILES string of the molecule is COc1cc(Nc2nnc(-c3cccc(-c4ccccc4)c3C)o2)cc(CNCCO)n1. The molecule has 0 radical (unpaired) electrons. The molecule has 0 amide bonds. The summed E-state index contributed by atoms with van der Waals surface area (Å²) in [5, 5.41) is 23.6. The second-order valence-electron chi connectivity index (χ2n) is 7.17. The van der Waals surface area contributed by atoms with Gasteiger partial charge in [0.15, 0.2) is 0 Å². The number of aromatic nitrogens is 3. The molecule has 8 heteroatoms. The van der Waals surface area contributed by atoms with Crippen LogP contribution in [0.3, 0.4) is 0 Å². The molecule has 4 rings (SSSR count). The number of ether oxygens (including phenoxy) is 1. The molecular formula is C24H25N5O3. The molecule has 4 aromatic rings. The Balaban J connectivity index is 1.57. The molecule has 0 aliphatic heterocycles. The van der Waals surface area contributed by atoms with Crippen molar-refractivity contribution >= 4 is 11.7 Å². The van der Waals surface area contributed by atoms with E-state index >= 15 is 0 Å². The molecule has 2 aromatic heterocycles. The Morgan fingerprint density at radius 2 is 1.81 bits per heavy atom. The minimum Gasteiger partial charge on any atom is -0.481 e. The first-order valence-electron chi connectivity index (χ1n) is 10.3. The van der Waals surface area contributed by atoms with Crippen molar-refractivity contribution in [1.29, 1.82) is 0 Å². The standard InChI is InChI=1S/C24H25N5O3/c1-16-20(17-7-4-3-5-8-17)9-6-10-21(16)23-28-29-24(32-23)27-18-13-19(15-25-11-12-30)26-22(14-18)31-2/h3-10,13-14,25,30H,11-12,15H2,1-2H3,(H,26,27,29). The van der Waals surface area contributed by atoms with E-state index in [1.807, 2.05) is 43.3 Å². The van der Waals surface area contributed by atoms with Crippen molar-refractivity contribution < 1.29 is 14.3 Å². The summed E-state index contributed by atoms with van der Waals surface area (Å²) in [7, 11) is 1.56. The molecule has 2 aromatic carbocycles. The fraction of sp³-hybridized carbons (Fsp3) is 0.208. The number of hydrogen-bond donors (Lipinski definition) is 3. The van der Waals surface area contributed by atoms with Crippen LogP contribution in [0.15, 0.2) is 65.1 Å². The number of hydrogen-bond acceptors (Lipinski definition) is 8. The van der Waals surface area contributed by atoms with Gasteiger partial charge in [0, 0.05) is 30.4 Å². The molecule has 2 heterocycles. The summed E-state index contributed by atoms with van der Waals surface area (Å²) in [6.07, 6.45) is 0. The highest BCUT2D eigenvalue weighted by Crippen LogP contribution is 2.32. The van der Waals surface area contributed by atoms with E-state index in [0.29, 0.717) is 30.5 Å². The van der Waals surface area contributed by atoms with E-state index in [1.54, 1.807) is 13.2 Å². The largest absolute Gasteiger partial charge is 0.481 e. The van der Waals surface area contributed by atoms with Crippen molar-refractivity contribution in [2.75, 3.05) is 25.6 Å². The van der Waals surface area contributed by atoms with Crippen LogP contribution in [-0.2, 0) is 6.54 Å². The van der Waals surface area contributed by atoms with Gasteiger partial charge in [0.05, 0.1) is 19.4 Å². The van der Waals surface area contributed by atoms with E-state index in [1.165, 1.54) is 0 Å². The number of methoxy groups -OCH3 is 1. The minimum atomic E-state index is 0.0602. The lowest BCUT2D eigenvalue weighted by molar-refractivity contribution is 0.291. The van der Waals surface area contributed by atoms with Gasteiger partial charge in [-0.2, -0.15) is 0 Å². The first-order chi connectivity index (χ1) is 15.7. The number of benzene rings is 2. The molecule has 0 bridgehead atoms. The monoisotopic (exact) mass is 431 g/mol. The average Bonchev–Trinajstić information content (AvgIpc) is 3.28. The molecule has 0 unspecified atom stereocenters. The number of pyridine rings is 1.